The van der Waals surface area contributed by atoms with Crippen molar-refractivity contribution in [2.75, 3.05) is 13.1 Å². The van der Waals surface area contributed by atoms with Crippen molar-refractivity contribution in [1.29, 1.82) is 0 Å². The lowest BCUT2D eigenvalue weighted by atomic mass is 9.92. The first kappa shape index (κ1) is 16.2. The average Bonchev–Trinajstić information content (AvgIpc) is 2.97. The molecular weight excluding hydrogens is 310 g/mol. The fourth-order valence-electron chi connectivity index (χ4n) is 3.15. The fourth-order valence-corrected chi connectivity index (χ4v) is 4.69. The number of hydrogen-bond donors (Lipinski definition) is 0. The van der Waals surface area contributed by atoms with Gasteiger partial charge in [-0.25, -0.2) is 8.42 Å². The van der Waals surface area contributed by atoms with Gasteiger partial charge in [-0.1, -0.05) is 29.8 Å². The topological polar surface area (TPSA) is 55.2 Å². The van der Waals surface area contributed by atoms with E-state index in [9.17, 15) is 8.42 Å². The Morgan fingerprint density at radius 3 is 2.65 bits per heavy atom. The SMILES string of the molecule is Cc1ccc(C[C@H]2CCCN(S(=O)(=O)c3cnn(C)c3)C2)cc1. The van der Waals surface area contributed by atoms with Crippen LogP contribution in [0.5, 0.6) is 0 Å². The van der Waals surface area contributed by atoms with E-state index in [-0.39, 0.29) is 4.90 Å². The lowest BCUT2D eigenvalue weighted by Gasteiger charge is -2.31. The number of nitrogens with zero attached hydrogens (tertiary/aromatic N) is 3. The van der Waals surface area contributed by atoms with Crippen molar-refractivity contribution in [2.45, 2.75) is 31.1 Å². The highest BCUT2D eigenvalue weighted by Gasteiger charge is 2.31. The predicted octanol–water partition coefficient (Wildman–Crippen LogP) is 2.37. The second-order valence-corrected chi connectivity index (χ2v) is 8.35. The summed E-state index contributed by atoms with van der Waals surface area (Å²) in [5.41, 5.74) is 2.53. The molecule has 1 aromatic carbocycles. The molecule has 124 valence electrons. The lowest BCUT2D eigenvalue weighted by Crippen LogP contribution is -2.40. The van der Waals surface area contributed by atoms with E-state index in [4.69, 9.17) is 0 Å². The van der Waals surface area contributed by atoms with Crippen LogP contribution in [0, 0.1) is 12.8 Å². The fraction of sp³-hybridized carbons (Fsp3) is 0.471. The van der Waals surface area contributed by atoms with Gasteiger partial charge in [-0.05, 0) is 37.7 Å². The van der Waals surface area contributed by atoms with Crippen LogP contribution in [0.1, 0.15) is 24.0 Å². The first-order chi connectivity index (χ1) is 10.9. The number of piperidine rings is 1. The summed E-state index contributed by atoms with van der Waals surface area (Å²) < 4.78 is 28.6. The molecule has 5 nitrogen and oxygen atoms in total. The van der Waals surface area contributed by atoms with Crippen LogP contribution in [0.25, 0.3) is 0 Å². The first-order valence-corrected chi connectivity index (χ1v) is 9.43. The zero-order valence-electron chi connectivity index (χ0n) is 13.6. The zero-order chi connectivity index (χ0) is 16.4. The Balaban J connectivity index is 1.71. The maximum Gasteiger partial charge on any atom is 0.246 e. The second-order valence-electron chi connectivity index (χ2n) is 6.41. The standard InChI is InChI=1S/C17H23N3O2S/c1-14-5-7-15(8-6-14)10-16-4-3-9-20(12-16)23(21,22)17-11-18-19(2)13-17/h5-8,11,13,16H,3-4,9-10,12H2,1-2H3/t16-/m1/s1. The average molecular weight is 333 g/mol. The molecule has 1 saturated heterocycles. The highest BCUT2D eigenvalue weighted by atomic mass is 32.2. The van der Waals surface area contributed by atoms with Crippen LogP contribution >= 0.6 is 0 Å². The zero-order valence-corrected chi connectivity index (χ0v) is 14.5. The summed E-state index contributed by atoms with van der Waals surface area (Å²) in [6.07, 6.45) is 5.92. The van der Waals surface area contributed by atoms with E-state index in [0.717, 1.165) is 19.3 Å². The summed E-state index contributed by atoms with van der Waals surface area (Å²) in [5, 5.41) is 3.98. The van der Waals surface area contributed by atoms with E-state index in [1.165, 1.54) is 22.0 Å². The predicted molar refractivity (Wildman–Crippen MR) is 89.6 cm³/mol. The molecule has 0 saturated carbocycles. The van der Waals surface area contributed by atoms with Crippen LogP contribution in [-0.4, -0.2) is 35.6 Å². The molecule has 1 fully saturated rings. The number of benzene rings is 1. The Morgan fingerprint density at radius 2 is 2.00 bits per heavy atom. The van der Waals surface area contributed by atoms with E-state index in [1.54, 1.807) is 17.5 Å². The second kappa shape index (κ2) is 6.45. The monoisotopic (exact) mass is 333 g/mol. The summed E-state index contributed by atoms with van der Waals surface area (Å²) in [6, 6.07) is 8.51. The third-order valence-corrected chi connectivity index (χ3v) is 6.26. The molecule has 1 aromatic heterocycles. The molecule has 1 aliphatic heterocycles. The first-order valence-electron chi connectivity index (χ1n) is 7.99. The molecule has 0 N–H and O–H groups in total. The molecule has 3 rings (SSSR count). The minimum absolute atomic E-state index is 0.288. The van der Waals surface area contributed by atoms with Crippen molar-refractivity contribution in [3.8, 4) is 0 Å². The Morgan fingerprint density at radius 1 is 1.26 bits per heavy atom. The molecule has 0 amide bonds. The molecule has 6 heteroatoms. The summed E-state index contributed by atoms with van der Waals surface area (Å²) in [7, 11) is -1.69. The molecule has 0 unspecified atom stereocenters. The van der Waals surface area contributed by atoms with Crippen molar-refractivity contribution >= 4 is 10.0 Å². The minimum Gasteiger partial charge on any atom is -0.274 e. The van der Waals surface area contributed by atoms with Crippen molar-refractivity contribution in [2.24, 2.45) is 13.0 Å². The molecule has 2 heterocycles. The lowest BCUT2D eigenvalue weighted by molar-refractivity contribution is 0.265. The summed E-state index contributed by atoms with van der Waals surface area (Å²) in [5.74, 6) is 0.373. The van der Waals surface area contributed by atoms with Crippen LogP contribution in [0.2, 0.25) is 0 Å². The van der Waals surface area contributed by atoms with Crippen molar-refractivity contribution < 1.29 is 8.42 Å². The largest absolute Gasteiger partial charge is 0.274 e. The number of rotatable bonds is 4. The van der Waals surface area contributed by atoms with E-state index >= 15 is 0 Å². The Hall–Kier alpha value is -1.66. The Bertz CT molecular complexity index is 765. The van der Waals surface area contributed by atoms with Gasteiger partial charge in [-0.2, -0.15) is 9.40 Å². The highest BCUT2D eigenvalue weighted by Crippen LogP contribution is 2.25. The van der Waals surface area contributed by atoms with Gasteiger partial charge in [0, 0.05) is 26.3 Å². The van der Waals surface area contributed by atoms with E-state index in [2.05, 4.69) is 36.3 Å². The van der Waals surface area contributed by atoms with Crippen molar-refractivity contribution in [3.63, 3.8) is 0 Å². The van der Waals surface area contributed by atoms with Gasteiger partial charge in [0.05, 0.1) is 6.20 Å². The highest BCUT2D eigenvalue weighted by molar-refractivity contribution is 7.89. The maximum atomic E-state index is 12.7. The molecule has 0 radical (unpaired) electrons. The van der Waals surface area contributed by atoms with Gasteiger partial charge in [0.1, 0.15) is 4.90 Å². The molecule has 0 aliphatic carbocycles. The van der Waals surface area contributed by atoms with E-state index in [1.807, 2.05) is 0 Å². The number of sulfonamides is 1. The Labute approximate surface area is 138 Å². The molecule has 1 aliphatic rings. The number of aromatic nitrogens is 2. The minimum atomic E-state index is -3.42. The normalized spacial score (nSPS) is 19.8. The Kier molecular flexibility index (Phi) is 4.55. The van der Waals surface area contributed by atoms with Crippen LogP contribution in [0.4, 0.5) is 0 Å². The van der Waals surface area contributed by atoms with Crippen LogP contribution in [0.15, 0.2) is 41.6 Å². The molecule has 0 spiro atoms. The quantitative estimate of drug-likeness (QED) is 0.863. The van der Waals surface area contributed by atoms with Crippen molar-refractivity contribution in [3.05, 3.63) is 47.8 Å². The summed E-state index contributed by atoms with van der Waals surface area (Å²) in [6.45, 7) is 3.26. The van der Waals surface area contributed by atoms with Gasteiger partial charge < -0.3 is 0 Å². The summed E-state index contributed by atoms with van der Waals surface area (Å²) >= 11 is 0. The van der Waals surface area contributed by atoms with Gasteiger partial charge in [-0.15, -0.1) is 0 Å². The number of aryl methyl sites for hydroxylation is 2. The van der Waals surface area contributed by atoms with Crippen LogP contribution in [-0.2, 0) is 23.5 Å². The van der Waals surface area contributed by atoms with Crippen molar-refractivity contribution in [1.82, 2.24) is 14.1 Å². The number of hydrogen-bond acceptors (Lipinski definition) is 3. The molecular formula is C17H23N3O2S. The van der Waals surface area contributed by atoms with E-state index in [0.29, 0.717) is 19.0 Å². The molecule has 1 atom stereocenters. The van der Waals surface area contributed by atoms with Gasteiger partial charge >= 0.3 is 0 Å². The van der Waals surface area contributed by atoms with E-state index < -0.39 is 10.0 Å². The van der Waals surface area contributed by atoms with Crippen LogP contribution < -0.4 is 0 Å². The molecule has 0 bridgehead atoms. The molecule has 23 heavy (non-hydrogen) atoms. The maximum absolute atomic E-state index is 12.7. The van der Waals surface area contributed by atoms with Gasteiger partial charge in [0.2, 0.25) is 10.0 Å². The third-order valence-electron chi connectivity index (χ3n) is 4.45. The van der Waals surface area contributed by atoms with Crippen LogP contribution in [0.3, 0.4) is 0 Å². The molecule has 2 aromatic rings. The van der Waals surface area contributed by atoms with Gasteiger partial charge in [-0.3, -0.25) is 4.68 Å². The van der Waals surface area contributed by atoms with Gasteiger partial charge in [0.15, 0.2) is 0 Å². The smallest absolute Gasteiger partial charge is 0.246 e. The van der Waals surface area contributed by atoms with Gasteiger partial charge in [0.25, 0.3) is 0 Å². The summed E-state index contributed by atoms with van der Waals surface area (Å²) in [4.78, 5) is 0.288. The third kappa shape index (κ3) is 3.64.